The minimum absolute atomic E-state index is 0.201. The van der Waals surface area contributed by atoms with E-state index in [0.29, 0.717) is 12.4 Å². The number of amidine groups is 1. The molecule has 6 nitrogen and oxygen atoms in total. The molecule has 0 heterocycles. The largest absolute Gasteiger partial charge is 0.390 e. The van der Waals surface area contributed by atoms with Gasteiger partial charge in [-0.25, -0.2) is 4.99 Å². The summed E-state index contributed by atoms with van der Waals surface area (Å²) in [5.41, 5.74) is 5.11. The number of amides is 1. The molecule has 1 amide bonds. The fourth-order valence-electron chi connectivity index (χ4n) is 0.840. The number of hydrogen-bond acceptors (Lipinski definition) is 3. The summed E-state index contributed by atoms with van der Waals surface area (Å²) in [7, 11) is 0. The molecule has 78 valence electrons. The highest BCUT2D eigenvalue weighted by molar-refractivity contribution is 6.24. The molecule has 0 aromatic rings. The SMILES string of the molecule is CCN=C(N=CN)C(C)NC(=O)C=O. The van der Waals surface area contributed by atoms with Crippen molar-refractivity contribution in [3.05, 3.63) is 0 Å². The van der Waals surface area contributed by atoms with Crippen LogP contribution in [0, 0.1) is 0 Å². The first-order valence-corrected chi connectivity index (χ1v) is 4.20. The van der Waals surface area contributed by atoms with Gasteiger partial charge in [0.15, 0.2) is 0 Å². The minimum Gasteiger partial charge on any atom is -0.390 e. The van der Waals surface area contributed by atoms with E-state index in [1.807, 2.05) is 6.92 Å². The van der Waals surface area contributed by atoms with Gasteiger partial charge in [0.05, 0.1) is 12.4 Å². The number of hydrogen-bond donors (Lipinski definition) is 2. The molecule has 0 aliphatic carbocycles. The van der Waals surface area contributed by atoms with Crippen molar-refractivity contribution < 1.29 is 9.59 Å². The Morgan fingerprint density at radius 3 is 2.71 bits per heavy atom. The molecular formula is C8H14N4O2. The van der Waals surface area contributed by atoms with Crippen molar-refractivity contribution in [2.45, 2.75) is 19.9 Å². The average Bonchev–Trinajstić information content (AvgIpc) is 2.17. The number of carbonyl (C=O) groups is 2. The zero-order valence-corrected chi connectivity index (χ0v) is 8.23. The molecule has 0 aliphatic heterocycles. The van der Waals surface area contributed by atoms with Crippen LogP contribution in [0.1, 0.15) is 13.8 Å². The summed E-state index contributed by atoms with van der Waals surface area (Å²) in [6.07, 6.45) is 1.30. The van der Waals surface area contributed by atoms with E-state index >= 15 is 0 Å². The quantitative estimate of drug-likeness (QED) is 0.265. The summed E-state index contributed by atoms with van der Waals surface area (Å²) < 4.78 is 0. The van der Waals surface area contributed by atoms with Crippen LogP contribution >= 0.6 is 0 Å². The first-order chi connectivity index (χ1) is 6.65. The molecule has 0 aromatic carbocycles. The van der Waals surface area contributed by atoms with Gasteiger partial charge in [-0.05, 0) is 13.8 Å². The average molecular weight is 198 g/mol. The van der Waals surface area contributed by atoms with Crippen molar-refractivity contribution in [3.63, 3.8) is 0 Å². The number of aliphatic imine (C=N–C) groups is 2. The number of aldehydes is 1. The van der Waals surface area contributed by atoms with Gasteiger partial charge in [0.2, 0.25) is 6.29 Å². The van der Waals surface area contributed by atoms with Gasteiger partial charge in [0, 0.05) is 6.54 Å². The van der Waals surface area contributed by atoms with Gasteiger partial charge in [0.1, 0.15) is 5.84 Å². The van der Waals surface area contributed by atoms with Crippen LogP contribution in [0.4, 0.5) is 0 Å². The first-order valence-electron chi connectivity index (χ1n) is 4.20. The normalized spacial score (nSPS) is 14.0. The predicted molar refractivity (Wildman–Crippen MR) is 54.3 cm³/mol. The molecule has 0 saturated heterocycles. The Morgan fingerprint density at radius 1 is 1.64 bits per heavy atom. The Labute approximate surface area is 82.3 Å². The van der Waals surface area contributed by atoms with Crippen molar-refractivity contribution in [2.75, 3.05) is 6.54 Å². The summed E-state index contributed by atoms with van der Waals surface area (Å²) >= 11 is 0. The van der Waals surface area contributed by atoms with E-state index < -0.39 is 11.9 Å². The van der Waals surface area contributed by atoms with Gasteiger partial charge in [-0.15, -0.1) is 0 Å². The standard InChI is InChI=1S/C8H14N4O2/c1-3-10-8(11-5-9)6(2)12-7(14)4-13/h4-6H,3H2,1-2H3,(H,12,14)(H2,9,10,11). The smallest absolute Gasteiger partial charge is 0.284 e. The zero-order valence-electron chi connectivity index (χ0n) is 8.23. The van der Waals surface area contributed by atoms with E-state index in [2.05, 4.69) is 15.3 Å². The predicted octanol–water partition coefficient (Wildman–Crippen LogP) is -0.905. The van der Waals surface area contributed by atoms with Crippen molar-refractivity contribution in [1.29, 1.82) is 0 Å². The fourth-order valence-corrected chi connectivity index (χ4v) is 0.840. The maximum atomic E-state index is 10.7. The lowest BCUT2D eigenvalue weighted by Crippen LogP contribution is -2.38. The molecule has 6 heteroatoms. The van der Waals surface area contributed by atoms with Gasteiger partial charge in [0.25, 0.3) is 5.91 Å². The van der Waals surface area contributed by atoms with E-state index in [9.17, 15) is 9.59 Å². The monoisotopic (exact) mass is 198 g/mol. The molecule has 1 unspecified atom stereocenters. The third kappa shape index (κ3) is 4.34. The van der Waals surface area contributed by atoms with Gasteiger partial charge in [-0.1, -0.05) is 0 Å². The summed E-state index contributed by atoms with van der Waals surface area (Å²) in [6, 6.07) is -0.424. The van der Waals surface area contributed by atoms with Crippen molar-refractivity contribution in [2.24, 2.45) is 15.7 Å². The zero-order chi connectivity index (χ0) is 11.0. The number of nitrogens with two attached hydrogens (primary N) is 1. The highest BCUT2D eigenvalue weighted by Gasteiger charge is 2.11. The number of nitrogens with one attached hydrogen (secondary N) is 1. The topological polar surface area (TPSA) is 96.9 Å². The van der Waals surface area contributed by atoms with Crippen LogP contribution in [0.3, 0.4) is 0 Å². The van der Waals surface area contributed by atoms with E-state index in [-0.39, 0.29) is 6.29 Å². The highest BCUT2D eigenvalue weighted by Crippen LogP contribution is 1.90. The van der Waals surface area contributed by atoms with Crippen LogP contribution in [0.2, 0.25) is 0 Å². The Kier molecular flexibility index (Phi) is 5.93. The van der Waals surface area contributed by atoms with Gasteiger partial charge >= 0.3 is 0 Å². The van der Waals surface area contributed by atoms with Crippen LogP contribution < -0.4 is 11.1 Å². The van der Waals surface area contributed by atoms with E-state index in [1.54, 1.807) is 6.92 Å². The lowest BCUT2D eigenvalue weighted by molar-refractivity contribution is -0.131. The maximum Gasteiger partial charge on any atom is 0.284 e. The maximum absolute atomic E-state index is 10.7. The van der Waals surface area contributed by atoms with Crippen molar-refractivity contribution >= 4 is 24.4 Å². The molecule has 0 aromatic heterocycles. The molecule has 0 aliphatic rings. The van der Waals surface area contributed by atoms with Crippen LogP contribution in [-0.2, 0) is 9.59 Å². The summed E-state index contributed by atoms with van der Waals surface area (Å²) in [6.45, 7) is 4.04. The molecule has 0 saturated carbocycles. The third-order valence-electron chi connectivity index (χ3n) is 1.38. The van der Waals surface area contributed by atoms with Gasteiger partial charge in [-0.3, -0.25) is 14.6 Å². The molecule has 14 heavy (non-hydrogen) atoms. The lowest BCUT2D eigenvalue weighted by Gasteiger charge is -2.10. The number of carbonyl (C=O) groups excluding carboxylic acids is 2. The molecule has 1 atom stereocenters. The highest BCUT2D eigenvalue weighted by atomic mass is 16.2. The minimum atomic E-state index is -0.700. The second kappa shape index (κ2) is 6.76. The van der Waals surface area contributed by atoms with Gasteiger partial charge in [-0.2, -0.15) is 0 Å². The Balaban J connectivity index is 4.44. The van der Waals surface area contributed by atoms with Crippen LogP contribution in [0.5, 0.6) is 0 Å². The molecule has 0 rings (SSSR count). The molecular weight excluding hydrogens is 184 g/mol. The Morgan fingerprint density at radius 2 is 2.29 bits per heavy atom. The summed E-state index contributed by atoms with van der Waals surface area (Å²) in [5.74, 6) is -0.307. The molecule has 0 fully saturated rings. The van der Waals surface area contributed by atoms with Crippen molar-refractivity contribution in [3.8, 4) is 0 Å². The van der Waals surface area contributed by atoms with E-state index in [4.69, 9.17) is 5.73 Å². The Bertz CT molecular complexity index is 260. The molecule has 0 bridgehead atoms. The molecule has 0 spiro atoms. The lowest BCUT2D eigenvalue weighted by atomic mass is 10.3. The summed E-state index contributed by atoms with van der Waals surface area (Å²) in [5, 5.41) is 2.39. The van der Waals surface area contributed by atoms with Gasteiger partial charge < -0.3 is 11.1 Å². The van der Waals surface area contributed by atoms with Crippen LogP contribution in [0.25, 0.3) is 0 Å². The molecule has 0 radical (unpaired) electrons. The summed E-state index contributed by atoms with van der Waals surface area (Å²) in [4.78, 5) is 28.6. The number of nitrogens with zero attached hydrogens (tertiary/aromatic N) is 2. The first kappa shape index (κ1) is 12.3. The van der Waals surface area contributed by atoms with Crippen molar-refractivity contribution in [1.82, 2.24) is 5.32 Å². The number of rotatable bonds is 4. The second-order valence-corrected chi connectivity index (χ2v) is 2.46. The van der Waals surface area contributed by atoms with Crippen LogP contribution in [-0.4, -0.2) is 37.0 Å². The van der Waals surface area contributed by atoms with Crippen LogP contribution in [0.15, 0.2) is 9.98 Å². The fraction of sp³-hybridized carbons (Fsp3) is 0.500. The second-order valence-electron chi connectivity index (χ2n) is 2.46. The Hall–Kier alpha value is -1.72. The molecule has 3 N–H and O–H groups in total. The van der Waals surface area contributed by atoms with E-state index in [1.165, 1.54) is 0 Å². The van der Waals surface area contributed by atoms with E-state index in [0.717, 1.165) is 6.34 Å². The third-order valence-corrected chi connectivity index (χ3v) is 1.38.